The van der Waals surface area contributed by atoms with Crippen LogP contribution in [0.3, 0.4) is 0 Å². The van der Waals surface area contributed by atoms with Gasteiger partial charge in [-0.05, 0) is 30.5 Å². The molecular weight excluding hydrogens is 221 g/mol. The van der Waals surface area contributed by atoms with E-state index in [0.717, 1.165) is 29.8 Å². The molecule has 88 valence electrons. The lowest BCUT2D eigenvalue weighted by molar-refractivity contribution is 0.405. The van der Waals surface area contributed by atoms with Crippen LogP contribution in [0.5, 0.6) is 11.5 Å². The first-order chi connectivity index (χ1) is 7.72. The third kappa shape index (κ3) is 3.22. The fraction of sp³-hybridized carbons (Fsp3) is 0.333. The van der Waals surface area contributed by atoms with Gasteiger partial charge in [0.1, 0.15) is 11.5 Å². The normalized spacial score (nSPS) is 10.1. The lowest BCUT2D eigenvalue weighted by Crippen LogP contribution is -2.05. The molecule has 0 aliphatic carbocycles. The Morgan fingerprint density at radius 3 is 2.81 bits per heavy atom. The SMILES string of the molecule is C=CCc1cc(OC)c(CCNP)cc1O. The maximum absolute atomic E-state index is 9.81. The molecule has 4 heteroatoms. The summed E-state index contributed by atoms with van der Waals surface area (Å²) in [6, 6.07) is 3.63. The highest BCUT2D eigenvalue weighted by Crippen LogP contribution is 2.28. The standard InChI is InChI=1S/C12H18NO2P/c1-3-4-9-8-12(15-2)10(5-6-13-16)7-11(9)14/h3,7-8,13-14H,1,4-6,16H2,2H3. The molecule has 2 N–H and O–H groups in total. The summed E-state index contributed by atoms with van der Waals surface area (Å²) in [7, 11) is 4.09. The van der Waals surface area contributed by atoms with Crippen molar-refractivity contribution in [3.63, 3.8) is 0 Å². The van der Waals surface area contributed by atoms with E-state index < -0.39 is 0 Å². The fourth-order valence-electron chi connectivity index (χ4n) is 1.56. The van der Waals surface area contributed by atoms with Crippen LogP contribution in [0, 0.1) is 0 Å². The molecule has 0 amide bonds. The molecule has 0 bridgehead atoms. The lowest BCUT2D eigenvalue weighted by atomic mass is 10.0. The Morgan fingerprint density at radius 2 is 2.25 bits per heavy atom. The number of allylic oxidation sites excluding steroid dienone is 1. The van der Waals surface area contributed by atoms with Crippen LogP contribution in [0.4, 0.5) is 0 Å². The highest BCUT2D eigenvalue weighted by Gasteiger charge is 2.08. The molecule has 0 aliphatic heterocycles. The smallest absolute Gasteiger partial charge is 0.122 e. The molecule has 0 aliphatic rings. The highest BCUT2D eigenvalue weighted by molar-refractivity contribution is 7.13. The molecule has 1 unspecified atom stereocenters. The van der Waals surface area contributed by atoms with Crippen LogP contribution in [0.15, 0.2) is 24.8 Å². The van der Waals surface area contributed by atoms with Gasteiger partial charge in [-0.3, -0.25) is 0 Å². The largest absolute Gasteiger partial charge is 0.508 e. The van der Waals surface area contributed by atoms with Gasteiger partial charge in [0.05, 0.1) is 7.11 Å². The number of hydrogen-bond acceptors (Lipinski definition) is 3. The van der Waals surface area contributed by atoms with Crippen molar-refractivity contribution < 1.29 is 9.84 Å². The molecule has 0 aromatic heterocycles. The predicted octanol–water partition coefficient (Wildman–Crippen LogP) is 2.05. The van der Waals surface area contributed by atoms with Gasteiger partial charge in [0.2, 0.25) is 0 Å². The minimum absolute atomic E-state index is 0.305. The molecule has 16 heavy (non-hydrogen) atoms. The Bertz CT molecular complexity index is 366. The van der Waals surface area contributed by atoms with Crippen molar-refractivity contribution in [3.8, 4) is 11.5 Å². The molecule has 1 rings (SSSR count). The van der Waals surface area contributed by atoms with Gasteiger partial charge >= 0.3 is 0 Å². The van der Waals surface area contributed by atoms with Crippen molar-refractivity contribution in [3.05, 3.63) is 35.9 Å². The van der Waals surface area contributed by atoms with Gasteiger partial charge in [-0.2, -0.15) is 0 Å². The van der Waals surface area contributed by atoms with Crippen LogP contribution in [0.1, 0.15) is 11.1 Å². The van der Waals surface area contributed by atoms with Crippen molar-refractivity contribution in [2.24, 2.45) is 0 Å². The summed E-state index contributed by atoms with van der Waals surface area (Å²) in [4.78, 5) is 0. The number of benzene rings is 1. The van der Waals surface area contributed by atoms with E-state index >= 15 is 0 Å². The minimum atomic E-state index is 0.305. The van der Waals surface area contributed by atoms with Crippen molar-refractivity contribution in [1.29, 1.82) is 0 Å². The van der Waals surface area contributed by atoms with Crippen LogP contribution in [-0.4, -0.2) is 18.8 Å². The first-order valence-electron chi connectivity index (χ1n) is 5.16. The van der Waals surface area contributed by atoms with Gasteiger partial charge in [0.25, 0.3) is 0 Å². The van der Waals surface area contributed by atoms with E-state index in [1.54, 1.807) is 19.3 Å². The van der Waals surface area contributed by atoms with E-state index in [1.807, 2.05) is 6.07 Å². The number of ether oxygens (including phenoxy) is 1. The number of phenols is 1. The summed E-state index contributed by atoms with van der Waals surface area (Å²) in [5, 5.41) is 12.8. The van der Waals surface area contributed by atoms with Crippen LogP contribution in [-0.2, 0) is 12.8 Å². The van der Waals surface area contributed by atoms with Gasteiger partial charge in [-0.1, -0.05) is 15.5 Å². The molecule has 1 aromatic rings. The average Bonchev–Trinajstić information content (AvgIpc) is 2.29. The molecule has 0 fully saturated rings. The van der Waals surface area contributed by atoms with E-state index in [9.17, 15) is 5.11 Å². The van der Waals surface area contributed by atoms with Crippen molar-refractivity contribution >= 4 is 9.39 Å². The Hall–Kier alpha value is -1.05. The predicted molar refractivity (Wildman–Crippen MR) is 70.0 cm³/mol. The second-order valence-corrected chi connectivity index (χ2v) is 3.90. The number of nitrogens with one attached hydrogen (secondary N) is 1. The minimum Gasteiger partial charge on any atom is -0.508 e. The quantitative estimate of drug-likeness (QED) is 0.589. The van der Waals surface area contributed by atoms with Crippen molar-refractivity contribution in [1.82, 2.24) is 5.09 Å². The third-order valence-electron chi connectivity index (χ3n) is 2.38. The number of aromatic hydroxyl groups is 1. The summed E-state index contributed by atoms with van der Waals surface area (Å²) in [6.07, 6.45) is 3.22. The maximum Gasteiger partial charge on any atom is 0.122 e. The summed E-state index contributed by atoms with van der Waals surface area (Å²) < 4.78 is 5.30. The summed E-state index contributed by atoms with van der Waals surface area (Å²) in [5.74, 6) is 1.12. The number of phenolic OH excluding ortho intramolecular Hbond substituents is 1. The number of hydrogen-bond donors (Lipinski definition) is 2. The topological polar surface area (TPSA) is 41.5 Å². The zero-order chi connectivity index (χ0) is 12.0. The van der Waals surface area contributed by atoms with Gasteiger partial charge in [-0.25, -0.2) is 0 Å². The molecule has 0 heterocycles. The molecule has 0 radical (unpaired) electrons. The Morgan fingerprint density at radius 1 is 1.50 bits per heavy atom. The van der Waals surface area contributed by atoms with E-state index in [1.165, 1.54) is 0 Å². The second-order valence-electron chi connectivity index (χ2n) is 3.49. The lowest BCUT2D eigenvalue weighted by Gasteiger charge is -2.11. The van der Waals surface area contributed by atoms with Gasteiger partial charge in [0, 0.05) is 12.1 Å². The highest BCUT2D eigenvalue weighted by atomic mass is 31.0. The maximum atomic E-state index is 9.81. The van der Waals surface area contributed by atoms with Gasteiger partial charge in [-0.15, -0.1) is 6.58 Å². The molecule has 1 atom stereocenters. The van der Waals surface area contributed by atoms with E-state index in [-0.39, 0.29) is 0 Å². The fourth-order valence-corrected chi connectivity index (χ4v) is 1.71. The van der Waals surface area contributed by atoms with Crippen LogP contribution >= 0.6 is 9.39 Å². The second kappa shape index (κ2) is 6.51. The molecular formula is C12H18NO2P. The van der Waals surface area contributed by atoms with Crippen LogP contribution in [0.2, 0.25) is 0 Å². The average molecular weight is 239 g/mol. The Labute approximate surface area is 98.8 Å². The number of methoxy groups -OCH3 is 1. The van der Waals surface area contributed by atoms with Crippen molar-refractivity contribution in [2.45, 2.75) is 12.8 Å². The molecule has 0 saturated carbocycles. The molecule has 3 nitrogen and oxygen atoms in total. The Balaban J connectivity index is 3.00. The molecule has 0 spiro atoms. The molecule has 0 saturated heterocycles. The first kappa shape index (κ1) is 13.0. The third-order valence-corrected chi connectivity index (χ3v) is 2.67. The Kier molecular flexibility index (Phi) is 5.30. The van der Waals surface area contributed by atoms with E-state index in [0.29, 0.717) is 12.2 Å². The first-order valence-corrected chi connectivity index (χ1v) is 5.73. The molecule has 1 aromatic carbocycles. The monoisotopic (exact) mass is 239 g/mol. The van der Waals surface area contributed by atoms with E-state index in [2.05, 4.69) is 21.1 Å². The number of rotatable bonds is 6. The summed E-state index contributed by atoms with van der Waals surface area (Å²) >= 11 is 0. The van der Waals surface area contributed by atoms with Crippen LogP contribution in [0.25, 0.3) is 0 Å². The van der Waals surface area contributed by atoms with Crippen LogP contribution < -0.4 is 9.82 Å². The zero-order valence-electron chi connectivity index (χ0n) is 9.49. The van der Waals surface area contributed by atoms with Crippen molar-refractivity contribution in [2.75, 3.05) is 13.7 Å². The van der Waals surface area contributed by atoms with Gasteiger partial charge < -0.3 is 14.9 Å². The summed E-state index contributed by atoms with van der Waals surface area (Å²) in [6.45, 7) is 4.48. The van der Waals surface area contributed by atoms with E-state index in [4.69, 9.17) is 4.74 Å². The zero-order valence-corrected chi connectivity index (χ0v) is 10.6. The summed E-state index contributed by atoms with van der Waals surface area (Å²) in [5.41, 5.74) is 1.84. The van der Waals surface area contributed by atoms with Gasteiger partial charge in [0.15, 0.2) is 0 Å².